The molecular weight excluding hydrogens is 304 g/mol. The van der Waals surface area contributed by atoms with E-state index in [0.29, 0.717) is 25.7 Å². The summed E-state index contributed by atoms with van der Waals surface area (Å²) in [7, 11) is 0. The molecule has 1 aliphatic carbocycles. The van der Waals surface area contributed by atoms with Crippen LogP contribution >= 0.6 is 12.4 Å². The number of hydrogen-bond acceptors (Lipinski definition) is 4. The lowest BCUT2D eigenvalue weighted by molar-refractivity contribution is -0.122. The summed E-state index contributed by atoms with van der Waals surface area (Å²) in [6, 6.07) is 6.00. The second kappa shape index (κ2) is 7.70. The molecule has 0 aromatic heterocycles. The quantitative estimate of drug-likeness (QED) is 0.782. The number of benzene rings is 1. The number of unbranched alkanes of at least 4 members (excludes halogenated alkanes) is 1. The molecule has 0 bridgehead atoms. The van der Waals surface area contributed by atoms with E-state index in [1.54, 1.807) is 0 Å². The third-order valence-corrected chi connectivity index (χ3v) is 4.05. The molecule has 1 amide bonds. The van der Waals surface area contributed by atoms with E-state index in [1.165, 1.54) is 5.56 Å². The molecule has 1 aromatic carbocycles. The second-order valence-electron chi connectivity index (χ2n) is 5.64. The molecule has 0 spiro atoms. The number of amides is 1. The zero-order chi connectivity index (χ0) is 14.7. The van der Waals surface area contributed by atoms with Crippen molar-refractivity contribution in [1.29, 1.82) is 0 Å². The Hall–Kier alpha value is -1.46. The normalized spacial score (nSPS) is 21.7. The van der Waals surface area contributed by atoms with Crippen molar-refractivity contribution < 1.29 is 14.3 Å². The van der Waals surface area contributed by atoms with E-state index in [4.69, 9.17) is 15.2 Å². The van der Waals surface area contributed by atoms with E-state index in [0.717, 1.165) is 37.3 Å². The highest BCUT2D eigenvalue weighted by molar-refractivity contribution is 5.85. The lowest BCUT2D eigenvalue weighted by atomic mass is 10.1. The standard InChI is InChI=1S/C16H22N2O3.ClH/c17-5-1-2-6-18-16(19)13-10-12(13)11-3-4-14-15(9-11)21-8-7-20-14;/h3-4,9,12-13H,1-2,5-8,10,17H2,(H,18,19);1H. The summed E-state index contributed by atoms with van der Waals surface area (Å²) in [6.07, 6.45) is 2.82. The molecule has 1 saturated carbocycles. The molecule has 1 aromatic rings. The Balaban J connectivity index is 0.00000176. The second-order valence-corrected chi connectivity index (χ2v) is 5.64. The number of nitrogens with two attached hydrogens (primary N) is 1. The first-order valence-electron chi connectivity index (χ1n) is 7.67. The summed E-state index contributed by atoms with van der Waals surface area (Å²) in [5.41, 5.74) is 6.60. The van der Waals surface area contributed by atoms with Crippen LogP contribution in [0.4, 0.5) is 0 Å². The first-order chi connectivity index (χ1) is 10.3. The average molecular weight is 327 g/mol. The van der Waals surface area contributed by atoms with E-state index < -0.39 is 0 Å². The number of nitrogens with one attached hydrogen (secondary N) is 1. The van der Waals surface area contributed by atoms with Crippen LogP contribution in [0, 0.1) is 5.92 Å². The Morgan fingerprint density at radius 3 is 2.77 bits per heavy atom. The van der Waals surface area contributed by atoms with Gasteiger partial charge in [-0.05, 0) is 49.4 Å². The van der Waals surface area contributed by atoms with Crippen LogP contribution in [0.1, 0.15) is 30.7 Å². The zero-order valence-corrected chi connectivity index (χ0v) is 13.4. The summed E-state index contributed by atoms with van der Waals surface area (Å²) in [5.74, 6) is 2.17. The molecule has 3 N–H and O–H groups in total. The SMILES string of the molecule is Cl.NCCCCNC(=O)C1CC1c1ccc2c(c1)OCCO2. The summed E-state index contributed by atoms with van der Waals surface area (Å²) >= 11 is 0. The topological polar surface area (TPSA) is 73.6 Å². The highest BCUT2D eigenvalue weighted by Gasteiger charge is 2.44. The van der Waals surface area contributed by atoms with Crippen molar-refractivity contribution in [3.05, 3.63) is 23.8 Å². The lowest BCUT2D eigenvalue weighted by Gasteiger charge is -2.18. The Morgan fingerprint density at radius 1 is 1.23 bits per heavy atom. The molecule has 22 heavy (non-hydrogen) atoms. The molecular formula is C16H23ClN2O3. The van der Waals surface area contributed by atoms with Crippen LogP contribution < -0.4 is 20.5 Å². The molecule has 2 atom stereocenters. The molecule has 6 heteroatoms. The van der Waals surface area contributed by atoms with Crippen molar-refractivity contribution in [2.24, 2.45) is 11.7 Å². The summed E-state index contributed by atoms with van der Waals surface area (Å²) in [5, 5.41) is 2.99. The van der Waals surface area contributed by atoms with Gasteiger partial charge in [0, 0.05) is 12.5 Å². The van der Waals surface area contributed by atoms with Crippen LogP contribution in [-0.4, -0.2) is 32.2 Å². The number of carbonyl (C=O) groups is 1. The lowest BCUT2D eigenvalue weighted by Crippen LogP contribution is -2.26. The largest absolute Gasteiger partial charge is 0.486 e. The fraction of sp³-hybridized carbons (Fsp3) is 0.562. The molecule has 2 unspecified atom stereocenters. The highest BCUT2D eigenvalue weighted by Crippen LogP contribution is 2.49. The summed E-state index contributed by atoms with van der Waals surface area (Å²) < 4.78 is 11.1. The van der Waals surface area contributed by atoms with Gasteiger partial charge in [-0.2, -0.15) is 0 Å². The van der Waals surface area contributed by atoms with Crippen molar-refractivity contribution >= 4 is 18.3 Å². The van der Waals surface area contributed by atoms with Gasteiger partial charge in [-0.3, -0.25) is 4.79 Å². The Kier molecular flexibility index (Phi) is 5.91. The van der Waals surface area contributed by atoms with Gasteiger partial charge < -0.3 is 20.5 Å². The van der Waals surface area contributed by atoms with Crippen LogP contribution in [0.2, 0.25) is 0 Å². The molecule has 5 nitrogen and oxygen atoms in total. The summed E-state index contributed by atoms with van der Waals surface area (Å²) in [4.78, 5) is 12.0. The molecule has 0 radical (unpaired) electrons. The van der Waals surface area contributed by atoms with Crippen LogP contribution in [0.25, 0.3) is 0 Å². The molecule has 1 heterocycles. The van der Waals surface area contributed by atoms with E-state index in [-0.39, 0.29) is 24.2 Å². The highest BCUT2D eigenvalue weighted by atomic mass is 35.5. The van der Waals surface area contributed by atoms with Gasteiger partial charge in [-0.25, -0.2) is 0 Å². The minimum atomic E-state index is 0. The van der Waals surface area contributed by atoms with Gasteiger partial charge in [-0.1, -0.05) is 6.07 Å². The fourth-order valence-corrected chi connectivity index (χ4v) is 2.76. The van der Waals surface area contributed by atoms with E-state index in [9.17, 15) is 4.79 Å². The number of rotatable bonds is 6. The Labute approximate surface area is 137 Å². The van der Waals surface area contributed by atoms with E-state index >= 15 is 0 Å². The number of fused-ring (bicyclic) bond motifs is 1. The molecule has 1 aliphatic heterocycles. The molecule has 0 saturated heterocycles. The van der Waals surface area contributed by atoms with E-state index in [2.05, 4.69) is 5.32 Å². The minimum absolute atomic E-state index is 0. The van der Waals surface area contributed by atoms with Crippen LogP contribution in [0.3, 0.4) is 0 Å². The van der Waals surface area contributed by atoms with Gasteiger partial charge in [0.15, 0.2) is 11.5 Å². The van der Waals surface area contributed by atoms with Gasteiger partial charge >= 0.3 is 0 Å². The van der Waals surface area contributed by atoms with E-state index in [1.807, 2.05) is 18.2 Å². The zero-order valence-electron chi connectivity index (χ0n) is 12.5. The fourth-order valence-electron chi connectivity index (χ4n) is 2.76. The van der Waals surface area contributed by atoms with Crippen molar-refractivity contribution in [2.45, 2.75) is 25.2 Å². The number of carbonyl (C=O) groups excluding carboxylic acids is 1. The summed E-state index contributed by atoms with van der Waals surface area (Å²) in [6.45, 7) is 2.59. The van der Waals surface area contributed by atoms with Gasteiger partial charge in [0.1, 0.15) is 13.2 Å². The monoisotopic (exact) mass is 326 g/mol. The number of halogens is 1. The van der Waals surface area contributed by atoms with Crippen LogP contribution in [0.15, 0.2) is 18.2 Å². The molecule has 2 aliphatic rings. The molecule has 1 fully saturated rings. The average Bonchev–Trinajstić information content (AvgIpc) is 3.31. The van der Waals surface area contributed by atoms with Crippen molar-refractivity contribution in [1.82, 2.24) is 5.32 Å². The Bertz CT molecular complexity index is 524. The van der Waals surface area contributed by atoms with Gasteiger partial charge in [0.25, 0.3) is 0 Å². The first kappa shape index (κ1) is 16.9. The van der Waals surface area contributed by atoms with Crippen molar-refractivity contribution in [3.63, 3.8) is 0 Å². The van der Waals surface area contributed by atoms with Crippen LogP contribution in [-0.2, 0) is 4.79 Å². The Morgan fingerprint density at radius 2 is 2.00 bits per heavy atom. The minimum Gasteiger partial charge on any atom is -0.486 e. The smallest absolute Gasteiger partial charge is 0.223 e. The van der Waals surface area contributed by atoms with Gasteiger partial charge in [-0.15, -0.1) is 12.4 Å². The first-order valence-corrected chi connectivity index (χ1v) is 7.67. The predicted molar refractivity (Wildman–Crippen MR) is 86.8 cm³/mol. The number of ether oxygens (including phenoxy) is 2. The predicted octanol–water partition coefficient (Wildman–Crippen LogP) is 1.84. The molecule has 122 valence electrons. The maximum Gasteiger partial charge on any atom is 0.223 e. The maximum atomic E-state index is 12.0. The van der Waals surface area contributed by atoms with Gasteiger partial charge in [0.05, 0.1) is 0 Å². The molecule has 3 rings (SSSR count). The van der Waals surface area contributed by atoms with Crippen molar-refractivity contribution in [2.75, 3.05) is 26.3 Å². The third-order valence-electron chi connectivity index (χ3n) is 4.05. The van der Waals surface area contributed by atoms with Gasteiger partial charge in [0.2, 0.25) is 5.91 Å². The maximum absolute atomic E-state index is 12.0. The van der Waals surface area contributed by atoms with Crippen molar-refractivity contribution in [3.8, 4) is 11.5 Å². The number of hydrogen-bond donors (Lipinski definition) is 2. The van der Waals surface area contributed by atoms with Crippen LogP contribution in [0.5, 0.6) is 11.5 Å². The third kappa shape index (κ3) is 3.84.